The third-order valence-electron chi connectivity index (χ3n) is 3.27. The molecule has 0 saturated heterocycles. The SMILES string of the molecule is CSc1nc2n(Cc3ccc(C)nc3)c(C)cc(=O)n2n1. The van der Waals surface area contributed by atoms with Gasteiger partial charge in [-0.25, -0.2) is 0 Å². The molecule has 3 aromatic heterocycles. The molecule has 0 atom stereocenters. The molecule has 0 aliphatic rings. The standard InChI is InChI=1S/C14H15N5OS/c1-9-4-5-11(7-15-9)8-18-10(2)6-12(20)19-14(18)16-13(17-19)21-3/h4-7H,8H2,1-3H3. The molecule has 0 aromatic carbocycles. The molecule has 3 rings (SSSR count). The van der Waals surface area contributed by atoms with Crippen LogP contribution in [-0.4, -0.2) is 30.4 Å². The first-order valence-electron chi connectivity index (χ1n) is 6.51. The summed E-state index contributed by atoms with van der Waals surface area (Å²) in [5, 5.41) is 4.80. The first-order chi connectivity index (χ1) is 10.1. The molecule has 0 radical (unpaired) electrons. The van der Waals surface area contributed by atoms with Gasteiger partial charge in [0.2, 0.25) is 10.9 Å². The normalized spacial score (nSPS) is 11.2. The third kappa shape index (κ3) is 2.56. The van der Waals surface area contributed by atoms with E-state index in [4.69, 9.17) is 0 Å². The van der Waals surface area contributed by atoms with Crippen molar-refractivity contribution in [2.24, 2.45) is 0 Å². The molecule has 0 aliphatic heterocycles. The van der Waals surface area contributed by atoms with E-state index in [0.717, 1.165) is 17.0 Å². The number of thioether (sulfide) groups is 1. The number of nitrogens with zero attached hydrogens (tertiary/aromatic N) is 5. The molecule has 3 aromatic rings. The molecule has 0 fully saturated rings. The summed E-state index contributed by atoms with van der Waals surface area (Å²) in [5.74, 6) is 0.560. The van der Waals surface area contributed by atoms with E-state index in [9.17, 15) is 4.79 Å². The highest BCUT2D eigenvalue weighted by molar-refractivity contribution is 7.98. The smallest absolute Gasteiger partial charge is 0.275 e. The Balaban J connectivity index is 2.14. The van der Waals surface area contributed by atoms with Crippen LogP contribution >= 0.6 is 11.8 Å². The quantitative estimate of drug-likeness (QED) is 0.689. The van der Waals surface area contributed by atoms with Crippen LogP contribution in [-0.2, 0) is 6.54 Å². The topological polar surface area (TPSA) is 65.1 Å². The Hall–Kier alpha value is -2.15. The van der Waals surface area contributed by atoms with Crippen molar-refractivity contribution in [3.63, 3.8) is 0 Å². The molecule has 3 heterocycles. The fraction of sp³-hybridized carbons (Fsp3) is 0.286. The highest BCUT2D eigenvalue weighted by Crippen LogP contribution is 2.13. The Morgan fingerprint density at radius 3 is 2.76 bits per heavy atom. The average molecular weight is 301 g/mol. The van der Waals surface area contributed by atoms with Crippen molar-refractivity contribution in [1.29, 1.82) is 0 Å². The lowest BCUT2D eigenvalue weighted by Crippen LogP contribution is -2.20. The number of fused-ring (bicyclic) bond motifs is 1. The maximum atomic E-state index is 12.0. The maximum absolute atomic E-state index is 12.0. The molecule has 108 valence electrons. The van der Waals surface area contributed by atoms with Gasteiger partial charge in [-0.3, -0.25) is 9.78 Å². The van der Waals surface area contributed by atoms with Crippen LogP contribution in [0.2, 0.25) is 0 Å². The van der Waals surface area contributed by atoms with Crippen LogP contribution in [0.3, 0.4) is 0 Å². The van der Waals surface area contributed by atoms with Gasteiger partial charge in [-0.2, -0.15) is 9.50 Å². The monoisotopic (exact) mass is 301 g/mol. The zero-order valence-corrected chi connectivity index (χ0v) is 12.9. The Bertz CT molecular complexity index is 850. The van der Waals surface area contributed by atoms with Crippen LogP contribution in [0.1, 0.15) is 17.0 Å². The van der Waals surface area contributed by atoms with Gasteiger partial charge in [0.15, 0.2) is 0 Å². The Morgan fingerprint density at radius 2 is 2.10 bits per heavy atom. The second-order valence-electron chi connectivity index (χ2n) is 4.83. The van der Waals surface area contributed by atoms with E-state index < -0.39 is 0 Å². The van der Waals surface area contributed by atoms with Crippen LogP contribution in [0.15, 0.2) is 34.3 Å². The van der Waals surface area contributed by atoms with Crippen molar-refractivity contribution in [3.8, 4) is 0 Å². The largest absolute Gasteiger partial charge is 0.310 e. The summed E-state index contributed by atoms with van der Waals surface area (Å²) in [4.78, 5) is 20.7. The molecule has 0 saturated carbocycles. The number of aryl methyl sites for hydroxylation is 2. The minimum absolute atomic E-state index is 0.159. The fourth-order valence-corrected chi connectivity index (χ4v) is 2.48. The van der Waals surface area contributed by atoms with Crippen molar-refractivity contribution in [3.05, 3.63) is 51.7 Å². The highest BCUT2D eigenvalue weighted by atomic mass is 32.2. The lowest BCUT2D eigenvalue weighted by molar-refractivity contribution is 0.727. The molecule has 21 heavy (non-hydrogen) atoms. The summed E-state index contributed by atoms with van der Waals surface area (Å²) < 4.78 is 3.32. The minimum atomic E-state index is -0.159. The summed E-state index contributed by atoms with van der Waals surface area (Å²) in [5.41, 5.74) is 2.73. The van der Waals surface area contributed by atoms with E-state index in [1.165, 1.54) is 16.3 Å². The van der Waals surface area contributed by atoms with Crippen LogP contribution in [0, 0.1) is 13.8 Å². The molecule has 0 aliphatic carbocycles. The lowest BCUT2D eigenvalue weighted by atomic mass is 10.2. The third-order valence-corrected chi connectivity index (χ3v) is 3.81. The first-order valence-corrected chi connectivity index (χ1v) is 7.73. The Morgan fingerprint density at radius 1 is 1.29 bits per heavy atom. The van der Waals surface area contributed by atoms with Gasteiger partial charge in [0.05, 0.1) is 6.54 Å². The predicted molar refractivity (Wildman–Crippen MR) is 81.8 cm³/mol. The van der Waals surface area contributed by atoms with Gasteiger partial charge < -0.3 is 4.57 Å². The molecule has 0 amide bonds. The Kier molecular flexibility index (Phi) is 3.50. The van der Waals surface area contributed by atoms with E-state index in [1.807, 2.05) is 43.0 Å². The minimum Gasteiger partial charge on any atom is -0.310 e. The zero-order valence-electron chi connectivity index (χ0n) is 12.1. The van der Waals surface area contributed by atoms with Gasteiger partial charge >= 0.3 is 0 Å². The van der Waals surface area contributed by atoms with Crippen molar-refractivity contribution in [2.45, 2.75) is 25.5 Å². The van der Waals surface area contributed by atoms with Crippen molar-refractivity contribution < 1.29 is 0 Å². The molecular formula is C14H15N5OS. The molecule has 7 heteroatoms. The lowest BCUT2D eigenvalue weighted by Gasteiger charge is -2.11. The van der Waals surface area contributed by atoms with E-state index in [-0.39, 0.29) is 5.56 Å². The summed E-state index contributed by atoms with van der Waals surface area (Å²) in [6.45, 7) is 4.46. The van der Waals surface area contributed by atoms with Gasteiger partial charge in [-0.15, -0.1) is 5.10 Å². The second-order valence-corrected chi connectivity index (χ2v) is 5.60. The van der Waals surface area contributed by atoms with Crippen molar-refractivity contribution >= 4 is 17.5 Å². The van der Waals surface area contributed by atoms with Crippen molar-refractivity contribution in [2.75, 3.05) is 6.26 Å². The molecule has 6 nitrogen and oxygen atoms in total. The molecule has 0 unspecified atom stereocenters. The summed E-state index contributed by atoms with van der Waals surface area (Å²) in [7, 11) is 0. The van der Waals surface area contributed by atoms with Crippen LogP contribution in [0.25, 0.3) is 5.78 Å². The van der Waals surface area contributed by atoms with Crippen molar-refractivity contribution in [1.82, 2.24) is 24.1 Å². The maximum Gasteiger partial charge on any atom is 0.275 e. The first kappa shape index (κ1) is 13.8. The second kappa shape index (κ2) is 5.33. The van der Waals surface area contributed by atoms with Crippen LogP contribution in [0.4, 0.5) is 0 Å². The van der Waals surface area contributed by atoms with E-state index >= 15 is 0 Å². The highest BCUT2D eigenvalue weighted by Gasteiger charge is 2.12. The molecular weight excluding hydrogens is 286 g/mol. The van der Waals surface area contributed by atoms with Crippen LogP contribution < -0.4 is 5.56 Å². The summed E-state index contributed by atoms with van der Waals surface area (Å²) >= 11 is 1.42. The number of hydrogen-bond donors (Lipinski definition) is 0. The summed E-state index contributed by atoms with van der Waals surface area (Å²) in [6.07, 6.45) is 3.73. The molecule has 0 bridgehead atoms. The van der Waals surface area contributed by atoms with Gasteiger partial charge in [0.1, 0.15) is 0 Å². The Labute approximate surface area is 125 Å². The molecule has 0 spiro atoms. The van der Waals surface area contributed by atoms with E-state index in [0.29, 0.717) is 17.5 Å². The van der Waals surface area contributed by atoms with E-state index in [2.05, 4.69) is 15.1 Å². The predicted octanol–water partition coefficient (Wildman–Crippen LogP) is 1.67. The summed E-state index contributed by atoms with van der Waals surface area (Å²) in [6, 6.07) is 5.58. The van der Waals surface area contributed by atoms with Gasteiger partial charge in [0, 0.05) is 23.7 Å². The number of pyridine rings is 1. The zero-order chi connectivity index (χ0) is 15.0. The molecule has 0 N–H and O–H groups in total. The van der Waals surface area contributed by atoms with Gasteiger partial charge in [0.25, 0.3) is 5.56 Å². The average Bonchev–Trinajstić information content (AvgIpc) is 2.90. The van der Waals surface area contributed by atoms with E-state index in [1.54, 1.807) is 6.07 Å². The number of rotatable bonds is 3. The fourth-order valence-electron chi connectivity index (χ4n) is 2.14. The number of aromatic nitrogens is 5. The van der Waals surface area contributed by atoms with Gasteiger partial charge in [-0.1, -0.05) is 17.8 Å². The number of hydrogen-bond acceptors (Lipinski definition) is 5. The van der Waals surface area contributed by atoms with Crippen LogP contribution in [0.5, 0.6) is 0 Å². The van der Waals surface area contributed by atoms with Gasteiger partial charge in [-0.05, 0) is 31.7 Å².